The first-order chi connectivity index (χ1) is 14.5. The third kappa shape index (κ3) is 4.17. The monoisotopic (exact) mass is 481 g/mol. The van der Waals surface area contributed by atoms with Gasteiger partial charge in [-0.1, -0.05) is 42.5 Å². The minimum atomic E-state index is -0.533. The van der Waals surface area contributed by atoms with Crippen molar-refractivity contribution < 1.29 is 14.1 Å². The zero-order chi connectivity index (χ0) is 21.1. The Hall–Kier alpha value is -3.30. The van der Waals surface area contributed by atoms with Crippen molar-refractivity contribution in [3.8, 4) is 11.5 Å². The average Bonchev–Trinajstić information content (AvgIpc) is 3.22. The largest absolute Gasteiger partial charge is 0.411 e. The number of halogens is 1. The first kappa shape index (κ1) is 20.0. The molecule has 3 aromatic carbocycles. The molecule has 9 heteroatoms. The van der Waals surface area contributed by atoms with E-state index in [2.05, 4.69) is 26.1 Å². The SMILES string of the molecule is O=C(c1ccccc1)c1ccc(Sc2nnc(-c3ccccc3Br)o2)c([N+](=O)[O-])c1. The molecule has 0 fully saturated rings. The molecule has 0 N–H and O–H groups in total. The summed E-state index contributed by atoms with van der Waals surface area (Å²) >= 11 is 4.40. The number of carbonyl (C=O) groups excluding carboxylic acids is 1. The second kappa shape index (κ2) is 8.60. The molecule has 0 spiro atoms. The van der Waals surface area contributed by atoms with Gasteiger partial charge in [-0.05, 0) is 52.0 Å². The van der Waals surface area contributed by atoms with Crippen molar-refractivity contribution in [2.75, 3.05) is 0 Å². The molecule has 1 aromatic heterocycles. The number of hydrogen-bond acceptors (Lipinski definition) is 7. The number of ketones is 1. The van der Waals surface area contributed by atoms with Crippen LogP contribution >= 0.6 is 27.7 Å². The Balaban J connectivity index is 1.63. The molecule has 0 aliphatic heterocycles. The van der Waals surface area contributed by atoms with Gasteiger partial charge >= 0.3 is 0 Å². The van der Waals surface area contributed by atoms with Crippen molar-refractivity contribution in [1.29, 1.82) is 0 Å². The van der Waals surface area contributed by atoms with Crippen LogP contribution in [0.25, 0.3) is 11.5 Å². The quantitative estimate of drug-likeness (QED) is 0.195. The molecule has 7 nitrogen and oxygen atoms in total. The van der Waals surface area contributed by atoms with Crippen molar-refractivity contribution in [3.63, 3.8) is 0 Å². The van der Waals surface area contributed by atoms with Crippen LogP contribution in [-0.2, 0) is 0 Å². The van der Waals surface area contributed by atoms with E-state index in [0.717, 1.165) is 21.8 Å². The van der Waals surface area contributed by atoms with Gasteiger partial charge in [-0.2, -0.15) is 0 Å². The molecule has 0 aliphatic carbocycles. The Morgan fingerprint density at radius 1 is 0.967 bits per heavy atom. The molecule has 0 atom stereocenters. The Labute approximate surface area is 183 Å². The molecule has 4 aromatic rings. The summed E-state index contributed by atoms with van der Waals surface area (Å²) in [6.07, 6.45) is 0. The maximum atomic E-state index is 12.6. The van der Waals surface area contributed by atoms with Gasteiger partial charge in [0.1, 0.15) is 0 Å². The number of hydrogen-bond donors (Lipinski definition) is 0. The van der Waals surface area contributed by atoms with Crippen molar-refractivity contribution in [2.45, 2.75) is 10.1 Å². The van der Waals surface area contributed by atoms with Crippen molar-refractivity contribution in [1.82, 2.24) is 10.2 Å². The van der Waals surface area contributed by atoms with E-state index in [1.165, 1.54) is 12.1 Å². The lowest BCUT2D eigenvalue weighted by atomic mass is 10.0. The molecule has 0 bridgehead atoms. The van der Waals surface area contributed by atoms with E-state index in [1.54, 1.807) is 36.4 Å². The van der Waals surface area contributed by atoms with Crippen LogP contribution in [-0.4, -0.2) is 20.9 Å². The van der Waals surface area contributed by atoms with Gasteiger partial charge in [-0.15, -0.1) is 10.2 Å². The summed E-state index contributed by atoms with van der Waals surface area (Å²) in [5, 5.41) is 19.7. The number of benzene rings is 3. The van der Waals surface area contributed by atoms with Gasteiger partial charge in [0.2, 0.25) is 5.89 Å². The Bertz CT molecular complexity index is 1240. The van der Waals surface area contributed by atoms with Gasteiger partial charge in [-0.3, -0.25) is 14.9 Å². The van der Waals surface area contributed by atoms with Crippen LogP contribution in [0.3, 0.4) is 0 Å². The number of aromatic nitrogens is 2. The number of carbonyl (C=O) groups is 1. The van der Waals surface area contributed by atoms with Crippen LogP contribution in [0.1, 0.15) is 15.9 Å². The molecular weight excluding hydrogens is 470 g/mol. The van der Waals surface area contributed by atoms with E-state index in [0.29, 0.717) is 16.3 Å². The topological polar surface area (TPSA) is 99.1 Å². The van der Waals surface area contributed by atoms with Gasteiger partial charge in [0.05, 0.1) is 15.4 Å². The molecule has 0 saturated heterocycles. The molecule has 0 radical (unpaired) electrons. The van der Waals surface area contributed by atoms with Crippen LogP contribution in [0.2, 0.25) is 0 Å². The standard InChI is InChI=1S/C21H12BrN3O4S/c22-16-9-5-4-8-15(16)20-23-24-21(29-20)30-18-11-10-14(12-17(18)25(27)28)19(26)13-6-2-1-3-7-13/h1-12H. The van der Waals surface area contributed by atoms with Crippen LogP contribution in [0.15, 0.2) is 91.8 Å². The van der Waals surface area contributed by atoms with Crippen LogP contribution < -0.4 is 0 Å². The second-order valence-electron chi connectivity index (χ2n) is 6.09. The Morgan fingerprint density at radius 3 is 2.43 bits per heavy atom. The summed E-state index contributed by atoms with van der Waals surface area (Å²) < 4.78 is 6.45. The van der Waals surface area contributed by atoms with Gasteiger partial charge in [-0.25, -0.2) is 0 Å². The van der Waals surface area contributed by atoms with Crippen LogP contribution in [0.5, 0.6) is 0 Å². The summed E-state index contributed by atoms with van der Waals surface area (Å²) in [6.45, 7) is 0. The zero-order valence-electron chi connectivity index (χ0n) is 15.2. The smallest absolute Gasteiger partial charge is 0.284 e. The van der Waals surface area contributed by atoms with E-state index >= 15 is 0 Å². The molecular formula is C21H12BrN3O4S. The Kier molecular flexibility index (Phi) is 5.73. The van der Waals surface area contributed by atoms with E-state index in [-0.39, 0.29) is 22.3 Å². The van der Waals surface area contributed by atoms with Gasteiger partial charge in [0.25, 0.3) is 10.9 Å². The number of rotatable bonds is 6. The molecule has 148 valence electrons. The zero-order valence-corrected chi connectivity index (χ0v) is 17.6. The fraction of sp³-hybridized carbons (Fsp3) is 0. The van der Waals surface area contributed by atoms with Crippen LogP contribution in [0, 0.1) is 10.1 Å². The summed E-state index contributed by atoms with van der Waals surface area (Å²) in [5.74, 6) is 0.00718. The minimum absolute atomic E-state index is 0.158. The predicted octanol–water partition coefficient (Wildman–Crippen LogP) is 5.79. The second-order valence-corrected chi connectivity index (χ2v) is 7.94. The van der Waals surface area contributed by atoms with E-state index in [9.17, 15) is 14.9 Å². The third-order valence-corrected chi connectivity index (χ3v) is 5.76. The van der Waals surface area contributed by atoms with Crippen molar-refractivity contribution in [3.05, 3.63) is 98.5 Å². The van der Waals surface area contributed by atoms with E-state index in [1.807, 2.05) is 24.3 Å². The fourth-order valence-electron chi connectivity index (χ4n) is 2.73. The summed E-state index contributed by atoms with van der Waals surface area (Å²) in [5.41, 5.74) is 1.21. The highest BCUT2D eigenvalue weighted by Gasteiger charge is 2.21. The predicted molar refractivity (Wildman–Crippen MR) is 115 cm³/mol. The normalized spacial score (nSPS) is 10.7. The first-order valence-electron chi connectivity index (χ1n) is 8.67. The fourth-order valence-corrected chi connectivity index (χ4v) is 3.95. The van der Waals surface area contributed by atoms with E-state index in [4.69, 9.17) is 4.42 Å². The van der Waals surface area contributed by atoms with Crippen molar-refractivity contribution >= 4 is 39.2 Å². The maximum Gasteiger partial charge on any atom is 0.284 e. The Morgan fingerprint density at radius 2 is 1.70 bits per heavy atom. The van der Waals surface area contributed by atoms with Crippen LogP contribution in [0.4, 0.5) is 5.69 Å². The molecule has 1 heterocycles. The molecule has 30 heavy (non-hydrogen) atoms. The molecule has 0 unspecified atom stereocenters. The molecule has 0 aliphatic rings. The first-order valence-corrected chi connectivity index (χ1v) is 10.3. The van der Waals surface area contributed by atoms with Gasteiger partial charge in [0, 0.05) is 21.7 Å². The average molecular weight is 482 g/mol. The van der Waals surface area contributed by atoms with E-state index < -0.39 is 4.92 Å². The molecule has 4 rings (SSSR count). The number of nitro benzene ring substituents is 1. The molecule has 0 saturated carbocycles. The minimum Gasteiger partial charge on any atom is -0.411 e. The van der Waals surface area contributed by atoms with Gasteiger partial charge in [0.15, 0.2) is 5.78 Å². The summed E-state index contributed by atoms with van der Waals surface area (Å²) in [7, 11) is 0. The summed E-state index contributed by atoms with van der Waals surface area (Å²) in [6, 6.07) is 20.3. The third-order valence-electron chi connectivity index (χ3n) is 4.16. The van der Waals surface area contributed by atoms with Crippen molar-refractivity contribution in [2.24, 2.45) is 0 Å². The lowest BCUT2D eigenvalue weighted by Gasteiger charge is -2.04. The number of nitro groups is 1. The highest BCUT2D eigenvalue weighted by atomic mass is 79.9. The highest BCUT2D eigenvalue weighted by molar-refractivity contribution is 9.10. The lowest BCUT2D eigenvalue weighted by molar-refractivity contribution is -0.387. The lowest BCUT2D eigenvalue weighted by Crippen LogP contribution is -2.02. The molecule has 0 amide bonds. The highest BCUT2D eigenvalue weighted by Crippen LogP contribution is 2.37. The maximum absolute atomic E-state index is 12.6. The number of nitrogens with zero attached hydrogens (tertiary/aromatic N) is 3. The van der Waals surface area contributed by atoms with Gasteiger partial charge < -0.3 is 4.42 Å². The summed E-state index contributed by atoms with van der Waals surface area (Å²) in [4.78, 5) is 24.0.